The lowest BCUT2D eigenvalue weighted by molar-refractivity contribution is 0.0691. The summed E-state index contributed by atoms with van der Waals surface area (Å²) in [6.45, 7) is 0.185. The molecule has 1 atom stereocenters. The quantitative estimate of drug-likeness (QED) is 0.659. The molecule has 4 nitrogen and oxygen atoms in total. The van der Waals surface area contributed by atoms with Crippen LogP contribution in [-0.4, -0.2) is 17.6 Å². The highest BCUT2D eigenvalue weighted by Gasteiger charge is 2.13. The minimum Gasteiger partial charge on any atom is -0.478 e. The summed E-state index contributed by atoms with van der Waals surface area (Å²) in [5, 5.41) is 8.63. The van der Waals surface area contributed by atoms with Crippen molar-refractivity contribution in [2.45, 2.75) is 6.04 Å². The van der Waals surface area contributed by atoms with Crippen LogP contribution >= 0.6 is 0 Å². The van der Waals surface area contributed by atoms with Crippen molar-refractivity contribution < 1.29 is 14.3 Å². The Hall–Kier alpha value is -1.46. The van der Waals surface area contributed by atoms with Crippen LogP contribution in [0.15, 0.2) is 18.2 Å². The second-order valence-corrected chi connectivity index (χ2v) is 2.89. The summed E-state index contributed by atoms with van der Waals surface area (Å²) in [6, 6.07) is 3.25. The number of carboxylic acid groups (broad SMARTS) is 1. The van der Waals surface area contributed by atoms with Gasteiger partial charge in [0.2, 0.25) is 0 Å². The van der Waals surface area contributed by atoms with Crippen molar-refractivity contribution in [2.75, 3.05) is 6.54 Å². The van der Waals surface area contributed by atoms with Gasteiger partial charge in [0, 0.05) is 12.6 Å². The van der Waals surface area contributed by atoms with Crippen LogP contribution in [0.3, 0.4) is 0 Å². The molecule has 0 saturated carbocycles. The van der Waals surface area contributed by atoms with Gasteiger partial charge < -0.3 is 16.6 Å². The van der Waals surface area contributed by atoms with Gasteiger partial charge in [0.15, 0.2) is 0 Å². The molecule has 0 aliphatic rings. The number of benzene rings is 1. The molecule has 0 heterocycles. The van der Waals surface area contributed by atoms with E-state index in [1.807, 2.05) is 0 Å². The predicted molar refractivity (Wildman–Crippen MR) is 49.3 cm³/mol. The average Bonchev–Trinajstić information content (AvgIpc) is 2.17. The van der Waals surface area contributed by atoms with Crippen LogP contribution in [0.2, 0.25) is 0 Å². The number of nitrogens with two attached hydrogens (primary N) is 2. The van der Waals surface area contributed by atoms with Crippen molar-refractivity contribution in [3.05, 3.63) is 35.1 Å². The summed E-state index contributed by atoms with van der Waals surface area (Å²) in [4.78, 5) is 10.6. The number of hydrogen-bond acceptors (Lipinski definition) is 3. The Morgan fingerprint density at radius 3 is 2.71 bits per heavy atom. The van der Waals surface area contributed by atoms with E-state index in [2.05, 4.69) is 0 Å². The first-order valence-electron chi connectivity index (χ1n) is 4.04. The van der Waals surface area contributed by atoms with Crippen LogP contribution in [0, 0.1) is 5.82 Å². The summed E-state index contributed by atoms with van der Waals surface area (Å²) >= 11 is 0. The molecule has 0 fully saturated rings. The van der Waals surface area contributed by atoms with Gasteiger partial charge >= 0.3 is 5.97 Å². The first kappa shape index (κ1) is 10.6. The first-order chi connectivity index (χ1) is 6.56. The van der Waals surface area contributed by atoms with Gasteiger partial charge in [-0.2, -0.15) is 0 Å². The lowest BCUT2D eigenvalue weighted by Gasteiger charge is -2.09. The molecule has 76 valence electrons. The van der Waals surface area contributed by atoms with Gasteiger partial charge in [0.1, 0.15) is 5.82 Å². The molecular formula is C9H11FN2O2. The fourth-order valence-corrected chi connectivity index (χ4v) is 1.07. The predicted octanol–water partition coefficient (Wildman–Crippen LogP) is 0.482. The summed E-state index contributed by atoms with van der Waals surface area (Å²) in [6.07, 6.45) is 0. The smallest absolute Gasteiger partial charge is 0.338 e. The first-order valence-corrected chi connectivity index (χ1v) is 4.04. The molecule has 0 radical (unpaired) electrons. The number of aromatic carboxylic acids is 1. The van der Waals surface area contributed by atoms with Crippen LogP contribution < -0.4 is 11.5 Å². The lowest BCUT2D eigenvalue weighted by Crippen LogP contribution is -2.21. The third kappa shape index (κ3) is 2.07. The Balaban J connectivity index is 3.12. The molecule has 0 spiro atoms. The van der Waals surface area contributed by atoms with E-state index in [9.17, 15) is 9.18 Å². The molecule has 14 heavy (non-hydrogen) atoms. The molecule has 1 unspecified atom stereocenters. The molecule has 0 amide bonds. The van der Waals surface area contributed by atoms with Gasteiger partial charge in [0.05, 0.1) is 5.56 Å². The Kier molecular flexibility index (Phi) is 3.16. The van der Waals surface area contributed by atoms with Crippen molar-refractivity contribution in [1.82, 2.24) is 0 Å². The van der Waals surface area contributed by atoms with Crippen LogP contribution in [0.4, 0.5) is 4.39 Å². The fourth-order valence-electron chi connectivity index (χ4n) is 1.07. The SMILES string of the molecule is NCC(N)c1ccc(F)c(C(=O)O)c1. The highest BCUT2D eigenvalue weighted by molar-refractivity contribution is 5.88. The van der Waals surface area contributed by atoms with Gasteiger partial charge in [-0.15, -0.1) is 0 Å². The third-order valence-electron chi connectivity index (χ3n) is 1.90. The minimum absolute atomic E-state index is 0.185. The maximum absolute atomic E-state index is 12.9. The van der Waals surface area contributed by atoms with Crippen LogP contribution in [-0.2, 0) is 0 Å². The van der Waals surface area contributed by atoms with E-state index in [0.717, 1.165) is 6.07 Å². The molecular weight excluding hydrogens is 187 g/mol. The number of carbonyl (C=O) groups is 1. The number of hydrogen-bond donors (Lipinski definition) is 3. The summed E-state index contributed by atoms with van der Waals surface area (Å²) in [5.74, 6) is -2.08. The molecule has 5 N–H and O–H groups in total. The van der Waals surface area contributed by atoms with Gasteiger partial charge in [0.25, 0.3) is 0 Å². The molecule has 1 aromatic carbocycles. The zero-order valence-corrected chi connectivity index (χ0v) is 7.40. The van der Waals surface area contributed by atoms with Gasteiger partial charge in [-0.1, -0.05) is 6.07 Å². The molecule has 1 aromatic rings. The number of carboxylic acids is 1. The van der Waals surface area contributed by atoms with Gasteiger partial charge in [-0.05, 0) is 17.7 Å². The highest BCUT2D eigenvalue weighted by Crippen LogP contribution is 2.14. The van der Waals surface area contributed by atoms with Crippen molar-refractivity contribution >= 4 is 5.97 Å². The van der Waals surface area contributed by atoms with E-state index in [1.165, 1.54) is 12.1 Å². The lowest BCUT2D eigenvalue weighted by atomic mass is 10.0. The summed E-state index contributed by atoms with van der Waals surface area (Å²) < 4.78 is 12.9. The molecule has 0 aliphatic carbocycles. The topological polar surface area (TPSA) is 89.3 Å². The van der Waals surface area contributed by atoms with Crippen molar-refractivity contribution in [3.8, 4) is 0 Å². The standard InChI is InChI=1S/C9H11FN2O2/c10-7-2-1-5(8(12)4-11)3-6(7)9(13)14/h1-3,8H,4,11-12H2,(H,13,14). The van der Waals surface area contributed by atoms with E-state index >= 15 is 0 Å². The Labute approximate surface area is 80.3 Å². The second-order valence-electron chi connectivity index (χ2n) is 2.89. The largest absolute Gasteiger partial charge is 0.478 e. The van der Waals surface area contributed by atoms with E-state index < -0.39 is 17.8 Å². The zero-order valence-electron chi connectivity index (χ0n) is 7.40. The summed E-state index contributed by atoms with van der Waals surface area (Å²) in [7, 11) is 0. The highest BCUT2D eigenvalue weighted by atomic mass is 19.1. The Morgan fingerprint density at radius 2 is 2.21 bits per heavy atom. The maximum Gasteiger partial charge on any atom is 0.338 e. The second kappa shape index (κ2) is 4.17. The maximum atomic E-state index is 12.9. The van der Waals surface area contributed by atoms with Crippen LogP contribution in [0.5, 0.6) is 0 Å². The van der Waals surface area contributed by atoms with Crippen LogP contribution in [0.25, 0.3) is 0 Å². The van der Waals surface area contributed by atoms with Gasteiger partial charge in [-0.25, -0.2) is 9.18 Å². The molecule has 0 bridgehead atoms. The number of rotatable bonds is 3. The average molecular weight is 198 g/mol. The molecule has 0 saturated heterocycles. The van der Waals surface area contributed by atoms with Crippen molar-refractivity contribution in [1.29, 1.82) is 0 Å². The van der Waals surface area contributed by atoms with E-state index in [1.54, 1.807) is 0 Å². The Morgan fingerprint density at radius 1 is 1.57 bits per heavy atom. The van der Waals surface area contributed by atoms with E-state index in [4.69, 9.17) is 16.6 Å². The van der Waals surface area contributed by atoms with E-state index in [-0.39, 0.29) is 12.1 Å². The molecule has 1 rings (SSSR count). The zero-order chi connectivity index (χ0) is 10.7. The normalized spacial score (nSPS) is 12.5. The van der Waals surface area contributed by atoms with Crippen LogP contribution in [0.1, 0.15) is 22.0 Å². The molecule has 0 aromatic heterocycles. The van der Waals surface area contributed by atoms with Crippen molar-refractivity contribution in [3.63, 3.8) is 0 Å². The fraction of sp³-hybridized carbons (Fsp3) is 0.222. The monoisotopic (exact) mass is 198 g/mol. The Bertz CT molecular complexity index is 355. The number of halogens is 1. The van der Waals surface area contributed by atoms with Crippen molar-refractivity contribution in [2.24, 2.45) is 11.5 Å². The van der Waals surface area contributed by atoms with Gasteiger partial charge in [-0.3, -0.25) is 0 Å². The molecule has 5 heteroatoms. The van der Waals surface area contributed by atoms with E-state index in [0.29, 0.717) is 5.56 Å². The minimum atomic E-state index is -1.31. The third-order valence-corrected chi connectivity index (χ3v) is 1.90. The molecule has 0 aliphatic heterocycles. The summed E-state index contributed by atoms with van der Waals surface area (Å²) in [5.41, 5.74) is 11.0.